The molecule has 0 atom stereocenters. The summed E-state index contributed by atoms with van der Waals surface area (Å²) in [7, 11) is 0. The molecular formula is C8H4Cl2FIO. The van der Waals surface area contributed by atoms with Gasteiger partial charge in [-0.25, -0.2) is 4.39 Å². The maximum Gasteiger partial charge on any atom is 0.180 e. The van der Waals surface area contributed by atoms with Gasteiger partial charge in [0, 0.05) is 3.57 Å². The molecule has 0 saturated carbocycles. The van der Waals surface area contributed by atoms with Crippen molar-refractivity contribution in [2.24, 2.45) is 0 Å². The lowest BCUT2D eigenvalue weighted by Gasteiger charge is -2.03. The zero-order valence-electron chi connectivity index (χ0n) is 6.28. The van der Waals surface area contributed by atoms with E-state index in [2.05, 4.69) is 0 Å². The molecule has 5 heteroatoms. The van der Waals surface area contributed by atoms with E-state index in [1.54, 1.807) is 0 Å². The van der Waals surface area contributed by atoms with Crippen LogP contribution in [0.5, 0.6) is 0 Å². The van der Waals surface area contributed by atoms with Crippen molar-refractivity contribution < 1.29 is 9.18 Å². The maximum atomic E-state index is 12.7. The number of hydrogen-bond donors (Lipinski definition) is 0. The van der Waals surface area contributed by atoms with Gasteiger partial charge in [0.15, 0.2) is 5.78 Å². The molecule has 1 aromatic rings. The second-order valence-corrected chi connectivity index (χ2v) is 4.14. The van der Waals surface area contributed by atoms with E-state index in [0.717, 1.165) is 6.07 Å². The summed E-state index contributed by atoms with van der Waals surface area (Å²) in [5.41, 5.74) is 0.290. The van der Waals surface area contributed by atoms with Gasteiger partial charge in [-0.05, 0) is 34.7 Å². The molecule has 1 nitrogen and oxygen atoms in total. The normalized spacial score (nSPS) is 10.2. The van der Waals surface area contributed by atoms with Crippen molar-refractivity contribution in [3.63, 3.8) is 0 Å². The number of carbonyl (C=O) groups is 1. The van der Waals surface area contributed by atoms with Gasteiger partial charge in [-0.2, -0.15) is 0 Å². The Hall–Kier alpha value is 0.130. The van der Waals surface area contributed by atoms with E-state index in [4.69, 9.17) is 23.2 Å². The third kappa shape index (κ3) is 2.54. The van der Waals surface area contributed by atoms with Crippen LogP contribution in [0.3, 0.4) is 0 Å². The molecule has 0 heterocycles. The smallest absolute Gasteiger partial charge is 0.180 e. The zero-order valence-corrected chi connectivity index (χ0v) is 9.95. The number of ketones is 1. The van der Waals surface area contributed by atoms with E-state index >= 15 is 0 Å². The van der Waals surface area contributed by atoms with Crippen LogP contribution in [0.4, 0.5) is 4.39 Å². The first-order valence-corrected chi connectivity index (χ1v) is 5.29. The number of halogens is 4. The minimum absolute atomic E-state index is 0.107. The van der Waals surface area contributed by atoms with Gasteiger partial charge in [-0.15, -0.1) is 11.6 Å². The van der Waals surface area contributed by atoms with Crippen molar-refractivity contribution in [3.8, 4) is 0 Å². The summed E-state index contributed by atoms with van der Waals surface area (Å²) in [6.07, 6.45) is 0. The predicted molar refractivity (Wildman–Crippen MR) is 59.2 cm³/mol. The zero-order chi connectivity index (χ0) is 10.0. The summed E-state index contributed by atoms with van der Waals surface area (Å²) < 4.78 is 13.2. The minimum atomic E-state index is -0.458. The van der Waals surface area contributed by atoms with E-state index in [1.165, 1.54) is 6.07 Å². The highest BCUT2D eigenvalue weighted by Crippen LogP contribution is 2.24. The molecule has 0 amide bonds. The van der Waals surface area contributed by atoms with Crippen molar-refractivity contribution in [2.45, 2.75) is 0 Å². The first kappa shape index (κ1) is 11.2. The fourth-order valence-corrected chi connectivity index (χ4v) is 2.37. The molecule has 0 aliphatic carbocycles. The molecule has 0 aliphatic rings. The average Bonchev–Trinajstić information content (AvgIpc) is 2.02. The fourth-order valence-electron chi connectivity index (χ4n) is 0.875. The lowest BCUT2D eigenvalue weighted by atomic mass is 10.1. The largest absolute Gasteiger partial charge is 0.293 e. The highest BCUT2D eigenvalue weighted by Gasteiger charge is 2.14. The van der Waals surface area contributed by atoms with Gasteiger partial charge < -0.3 is 0 Å². The van der Waals surface area contributed by atoms with E-state index in [9.17, 15) is 9.18 Å². The number of alkyl halides is 1. The van der Waals surface area contributed by atoms with Crippen LogP contribution in [0, 0.1) is 9.39 Å². The van der Waals surface area contributed by atoms with Gasteiger partial charge in [0.25, 0.3) is 0 Å². The van der Waals surface area contributed by atoms with Gasteiger partial charge >= 0.3 is 0 Å². The van der Waals surface area contributed by atoms with Crippen LogP contribution in [0.25, 0.3) is 0 Å². The Morgan fingerprint density at radius 2 is 2.15 bits per heavy atom. The monoisotopic (exact) mass is 332 g/mol. The van der Waals surface area contributed by atoms with Gasteiger partial charge in [0.05, 0.1) is 16.5 Å². The summed E-state index contributed by atoms with van der Waals surface area (Å²) in [4.78, 5) is 11.2. The number of Topliss-reactive ketones (excluding diaryl/α,β-unsaturated/α-hetero) is 1. The molecule has 0 saturated heterocycles. The third-order valence-electron chi connectivity index (χ3n) is 1.41. The molecule has 0 radical (unpaired) electrons. The SMILES string of the molecule is O=C(CCl)c1c(Cl)cc(F)cc1I. The van der Waals surface area contributed by atoms with Crippen LogP contribution in [-0.4, -0.2) is 11.7 Å². The molecule has 13 heavy (non-hydrogen) atoms. The van der Waals surface area contributed by atoms with E-state index in [0.29, 0.717) is 9.13 Å². The molecule has 0 aliphatic heterocycles. The van der Waals surface area contributed by atoms with Crippen LogP contribution in [-0.2, 0) is 0 Å². The first-order valence-electron chi connectivity index (χ1n) is 3.30. The Morgan fingerprint density at radius 3 is 2.62 bits per heavy atom. The quantitative estimate of drug-likeness (QED) is 0.460. The molecule has 0 aromatic heterocycles. The third-order valence-corrected chi connectivity index (χ3v) is 2.80. The maximum absolute atomic E-state index is 12.7. The van der Waals surface area contributed by atoms with Crippen LogP contribution < -0.4 is 0 Å². The van der Waals surface area contributed by atoms with Gasteiger partial charge in [-0.1, -0.05) is 11.6 Å². The molecule has 1 rings (SSSR count). The van der Waals surface area contributed by atoms with Crippen LogP contribution in [0.15, 0.2) is 12.1 Å². The molecule has 0 spiro atoms. The second-order valence-electron chi connectivity index (χ2n) is 2.30. The topological polar surface area (TPSA) is 17.1 Å². The van der Waals surface area contributed by atoms with Crippen molar-refractivity contribution in [1.82, 2.24) is 0 Å². The Balaban J connectivity index is 3.28. The lowest BCUT2D eigenvalue weighted by Crippen LogP contribution is -2.04. The standard InChI is InChI=1S/C8H4Cl2FIO/c9-3-7(13)8-5(10)1-4(11)2-6(8)12/h1-2H,3H2. The predicted octanol–water partition coefficient (Wildman–Crippen LogP) is 3.51. The van der Waals surface area contributed by atoms with Crippen molar-refractivity contribution in [1.29, 1.82) is 0 Å². The van der Waals surface area contributed by atoms with E-state index in [1.807, 2.05) is 22.6 Å². The first-order chi connectivity index (χ1) is 6.06. The van der Waals surface area contributed by atoms with Gasteiger partial charge in [-0.3, -0.25) is 4.79 Å². The molecule has 0 N–H and O–H groups in total. The second kappa shape index (κ2) is 4.57. The summed E-state index contributed by atoms with van der Waals surface area (Å²) in [6.45, 7) is 0. The highest BCUT2D eigenvalue weighted by atomic mass is 127. The van der Waals surface area contributed by atoms with Crippen molar-refractivity contribution >= 4 is 51.6 Å². The lowest BCUT2D eigenvalue weighted by molar-refractivity contribution is 0.102. The number of hydrogen-bond acceptors (Lipinski definition) is 1. The summed E-state index contributed by atoms with van der Waals surface area (Å²) >= 11 is 12.9. The Labute approximate surface area is 98.4 Å². The highest BCUT2D eigenvalue weighted by molar-refractivity contribution is 14.1. The molecule has 0 bridgehead atoms. The van der Waals surface area contributed by atoms with E-state index in [-0.39, 0.29) is 16.7 Å². The van der Waals surface area contributed by atoms with Gasteiger partial charge in [0.2, 0.25) is 0 Å². The molecule has 70 valence electrons. The summed E-state index contributed by atoms with van der Waals surface area (Å²) in [5, 5.41) is 0.107. The Morgan fingerprint density at radius 1 is 1.54 bits per heavy atom. The van der Waals surface area contributed by atoms with Gasteiger partial charge in [0.1, 0.15) is 5.82 Å². The molecular weight excluding hydrogens is 329 g/mol. The molecule has 0 unspecified atom stereocenters. The number of carbonyl (C=O) groups excluding carboxylic acids is 1. The van der Waals surface area contributed by atoms with Crippen LogP contribution in [0.2, 0.25) is 5.02 Å². The van der Waals surface area contributed by atoms with E-state index < -0.39 is 5.82 Å². The Bertz CT molecular complexity index is 331. The molecule has 0 fully saturated rings. The number of rotatable bonds is 2. The number of benzene rings is 1. The average molecular weight is 333 g/mol. The van der Waals surface area contributed by atoms with Crippen molar-refractivity contribution in [2.75, 3.05) is 5.88 Å². The van der Waals surface area contributed by atoms with Crippen LogP contribution in [0.1, 0.15) is 10.4 Å². The molecule has 1 aromatic carbocycles. The Kier molecular flexibility index (Phi) is 3.94. The summed E-state index contributed by atoms with van der Waals surface area (Å²) in [5.74, 6) is -0.905. The minimum Gasteiger partial charge on any atom is -0.293 e. The van der Waals surface area contributed by atoms with Crippen molar-refractivity contribution in [3.05, 3.63) is 32.1 Å². The van der Waals surface area contributed by atoms with Crippen LogP contribution >= 0.6 is 45.8 Å². The fraction of sp³-hybridized carbons (Fsp3) is 0.125. The summed E-state index contributed by atoms with van der Waals surface area (Å²) in [6, 6.07) is 2.34.